The van der Waals surface area contributed by atoms with Crippen molar-refractivity contribution in [2.24, 2.45) is 0 Å². The highest BCUT2D eigenvalue weighted by molar-refractivity contribution is 6.05. The molecule has 3 N–H and O–H groups in total. The van der Waals surface area contributed by atoms with E-state index in [0.29, 0.717) is 0 Å². The fourth-order valence-electron chi connectivity index (χ4n) is 2.23. The van der Waals surface area contributed by atoms with Crippen LogP contribution in [0.5, 0.6) is 0 Å². The van der Waals surface area contributed by atoms with Crippen molar-refractivity contribution >= 4 is 17.3 Å². The third kappa shape index (κ3) is 2.79. The Morgan fingerprint density at radius 1 is 1.10 bits per heavy atom. The Morgan fingerprint density at radius 3 is 2.25 bits per heavy atom. The number of amides is 1. The second-order valence-corrected chi connectivity index (χ2v) is 4.96. The number of nitrogens with one attached hydrogen (secondary N) is 1. The lowest BCUT2D eigenvalue weighted by Gasteiger charge is -2.13. The van der Waals surface area contributed by atoms with Gasteiger partial charge < -0.3 is 11.1 Å². The van der Waals surface area contributed by atoms with Gasteiger partial charge in [-0.15, -0.1) is 0 Å². The minimum atomic E-state index is -0.588. The van der Waals surface area contributed by atoms with Crippen molar-refractivity contribution in [3.8, 4) is 0 Å². The molecule has 1 amide bonds. The predicted molar refractivity (Wildman–Crippen MR) is 79.4 cm³/mol. The molecule has 104 valence electrons. The third-order valence-corrected chi connectivity index (χ3v) is 3.18. The van der Waals surface area contributed by atoms with Crippen molar-refractivity contribution in [3.05, 3.63) is 58.4 Å². The van der Waals surface area contributed by atoms with E-state index in [-0.39, 0.29) is 17.2 Å². The molecule has 0 aliphatic rings. The van der Waals surface area contributed by atoms with Gasteiger partial charge in [0.15, 0.2) is 0 Å². The first-order valence-corrected chi connectivity index (χ1v) is 6.32. The summed E-state index contributed by atoms with van der Waals surface area (Å²) in [5.74, 6) is -0.936. The lowest BCUT2D eigenvalue weighted by Crippen LogP contribution is -2.14. The molecule has 2 aromatic rings. The monoisotopic (exact) mass is 272 g/mol. The van der Waals surface area contributed by atoms with Gasteiger partial charge >= 0.3 is 0 Å². The van der Waals surface area contributed by atoms with Crippen molar-refractivity contribution in [1.29, 1.82) is 0 Å². The molecular weight excluding hydrogens is 255 g/mol. The number of nitrogen functional groups attached to an aromatic ring is 1. The summed E-state index contributed by atoms with van der Waals surface area (Å²) in [4.78, 5) is 12.1. The van der Waals surface area contributed by atoms with Gasteiger partial charge in [0.05, 0.1) is 5.69 Å². The molecule has 2 aromatic carbocycles. The topological polar surface area (TPSA) is 55.1 Å². The molecule has 0 heterocycles. The number of halogens is 1. The van der Waals surface area contributed by atoms with Crippen molar-refractivity contribution in [1.82, 2.24) is 0 Å². The molecule has 0 bridgehead atoms. The predicted octanol–water partition coefficient (Wildman–Crippen LogP) is 3.59. The average molecular weight is 272 g/mol. The fraction of sp³-hybridized carbons (Fsp3) is 0.188. The Hall–Kier alpha value is -2.36. The fourth-order valence-corrected chi connectivity index (χ4v) is 2.23. The molecule has 0 atom stereocenters. The Kier molecular flexibility index (Phi) is 3.74. The number of hydrogen-bond donors (Lipinski definition) is 2. The first-order chi connectivity index (χ1) is 9.38. The molecule has 0 aliphatic carbocycles. The van der Waals surface area contributed by atoms with Crippen LogP contribution in [-0.4, -0.2) is 5.91 Å². The zero-order chi connectivity index (χ0) is 14.9. The van der Waals surface area contributed by atoms with E-state index < -0.39 is 5.82 Å². The molecule has 0 spiro atoms. The number of nitrogens with two attached hydrogens (primary N) is 1. The Balaban J connectivity index is 2.30. The number of carbonyl (C=O) groups excluding carboxylic acids is 1. The molecular formula is C16H17FN2O. The lowest BCUT2D eigenvalue weighted by molar-refractivity contribution is 0.102. The van der Waals surface area contributed by atoms with Crippen molar-refractivity contribution < 1.29 is 9.18 Å². The van der Waals surface area contributed by atoms with E-state index in [2.05, 4.69) is 5.32 Å². The van der Waals surface area contributed by atoms with Crippen LogP contribution in [0, 0.1) is 26.6 Å². The van der Waals surface area contributed by atoms with E-state index in [9.17, 15) is 9.18 Å². The largest absolute Gasteiger partial charge is 0.396 e. The first-order valence-electron chi connectivity index (χ1n) is 6.32. The van der Waals surface area contributed by atoms with Gasteiger partial charge in [0.1, 0.15) is 5.82 Å². The van der Waals surface area contributed by atoms with Crippen molar-refractivity contribution in [2.45, 2.75) is 20.8 Å². The molecule has 0 unspecified atom stereocenters. The smallest absolute Gasteiger partial charge is 0.255 e. The van der Waals surface area contributed by atoms with Crippen LogP contribution >= 0.6 is 0 Å². The Bertz CT molecular complexity index is 657. The number of hydrogen-bond acceptors (Lipinski definition) is 2. The summed E-state index contributed by atoms with van der Waals surface area (Å²) in [6, 6.07) is 8.02. The standard InChI is InChI=1S/C16H17FN2O/c1-9-6-10(2)15(11(3)7-9)19-16(20)12-4-5-14(18)13(17)8-12/h4-8H,18H2,1-3H3,(H,19,20). The number of carbonyl (C=O) groups is 1. The maximum Gasteiger partial charge on any atom is 0.255 e. The molecule has 3 nitrogen and oxygen atoms in total. The van der Waals surface area contributed by atoms with E-state index in [1.54, 1.807) is 0 Å². The summed E-state index contributed by atoms with van der Waals surface area (Å²) < 4.78 is 13.4. The van der Waals surface area contributed by atoms with Crippen LogP contribution in [0.1, 0.15) is 27.0 Å². The molecule has 4 heteroatoms. The van der Waals surface area contributed by atoms with E-state index >= 15 is 0 Å². The van der Waals surface area contributed by atoms with E-state index in [1.807, 2.05) is 32.9 Å². The van der Waals surface area contributed by atoms with Crippen molar-refractivity contribution in [3.63, 3.8) is 0 Å². The highest BCUT2D eigenvalue weighted by Gasteiger charge is 2.11. The molecule has 0 radical (unpaired) electrons. The van der Waals surface area contributed by atoms with E-state index in [4.69, 9.17) is 5.73 Å². The first kappa shape index (κ1) is 14.1. The molecule has 0 saturated carbocycles. The van der Waals surface area contributed by atoms with Gasteiger partial charge in [0.25, 0.3) is 5.91 Å². The van der Waals surface area contributed by atoms with Crippen LogP contribution in [0.2, 0.25) is 0 Å². The minimum Gasteiger partial charge on any atom is -0.396 e. The summed E-state index contributed by atoms with van der Waals surface area (Å²) in [5.41, 5.74) is 9.53. The lowest BCUT2D eigenvalue weighted by atomic mass is 10.0. The summed E-state index contributed by atoms with van der Waals surface area (Å²) in [6.45, 7) is 5.86. The highest BCUT2D eigenvalue weighted by atomic mass is 19.1. The molecule has 0 saturated heterocycles. The SMILES string of the molecule is Cc1cc(C)c(NC(=O)c2ccc(N)c(F)c2)c(C)c1. The van der Waals surface area contributed by atoms with Crippen molar-refractivity contribution in [2.75, 3.05) is 11.1 Å². The van der Waals surface area contributed by atoms with Crippen LogP contribution in [0.25, 0.3) is 0 Å². The summed E-state index contributed by atoms with van der Waals surface area (Å²) in [5, 5.41) is 2.82. The maximum atomic E-state index is 13.4. The summed E-state index contributed by atoms with van der Waals surface area (Å²) in [6.07, 6.45) is 0. The van der Waals surface area contributed by atoms with E-state index in [1.165, 1.54) is 12.1 Å². The van der Waals surface area contributed by atoms with Crippen LogP contribution in [0.4, 0.5) is 15.8 Å². The second-order valence-electron chi connectivity index (χ2n) is 4.96. The second kappa shape index (κ2) is 5.33. The van der Waals surface area contributed by atoms with Gasteiger partial charge in [-0.25, -0.2) is 4.39 Å². The summed E-state index contributed by atoms with van der Waals surface area (Å²) in [7, 11) is 0. The number of rotatable bonds is 2. The van der Waals surface area contributed by atoms with E-state index in [0.717, 1.165) is 28.4 Å². The molecule has 2 rings (SSSR count). The van der Waals surface area contributed by atoms with Crippen LogP contribution in [-0.2, 0) is 0 Å². The molecule has 0 aromatic heterocycles. The maximum absolute atomic E-state index is 13.4. The molecule has 0 aliphatic heterocycles. The number of aryl methyl sites for hydroxylation is 3. The molecule has 20 heavy (non-hydrogen) atoms. The Labute approximate surface area is 117 Å². The van der Waals surface area contributed by atoms with Gasteiger partial charge in [0.2, 0.25) is 0 Å². The van der Waals surface area contributed by atoms with Crippen LogP contribution < -0.4 is 11.1 Å². The Morgan fingerprint density at radius 2 is 1.70 bits per heavy atom. The minimum absolute atomic E-state index is 0.0317. The van der Waals surface area contributed by atoms with Gasteiger partial charge in [0, 0.05) is 11.3 Å². The highest BCUT2D eigenvalue weighted by Crippen LogP contribution is 2.23. The quantitative estimate of drug-likeness (QED) is 0.821. The van der Waals surface area contributed by atoms with Gasteiger partial charge in [-0.05, 0) is 50.1 Å². The zero-order valence-electron chi connectivity index (χ0n) is 11.8. The molecule has 0 fully saturated rings. The van der Waals surface area contributed by atoms with Gasteiger partial charge in [-0.2, -0.15) is 0 Å². The van der Waals surface area contributed by atoms with Crippen LogP contribution in [0.15, 0.2) is 30.3 Å². The zero-order valence-corrected chi connectivity index (χ0v) is 11.8. The number of benzene rings is 2. The van der Waals surface area contributed by atoms with Crippen LogP contribution in [0.3, 0.4) is 0 Å². The average Bonchev–Trinajstić information content (AvgIpc) is 2.36. The normalized spacial score (nSPS) is 10.4. The number of anilines is 2. The summed E-state index contributed by atoms with van der Waals surface area (Å²) >= 11 is 0. The third-order valence-electron chi connectivity index (χ3n) is 3.18. The van der Waals surface area contributed by atoms with Gasteiger partial charge in [-0.1, -0.05) is 17.7 Å². The van der Waals surface area contributed by atoms with Gasteiger partial charge in [-0.3, -0.25) is 4.79 Å².